The SMILES string of the molecule is CCOC(=O)c1cc(CCC(=O)OC)cc(SC(F)(F)F)c1. The molecule has 0 saturated heterocycles. The molecule has 1 aromatic carbocycles. The highest BCUT2D eigenvalue weighted by molar-refractivity contribution is 8.00. The topological polar surface area (TPSA) is 52.6 Å². The zero-order valence-corrected chi connectivity index (χ0v) is 12.8. The Morgan fingerprint density at radius 3 is 2.45 bits per heavy atom. The van der Waals surface area contributed by atoms with E-state index in [9.17, 15) is 22.8 Å². The molecule has 0 aliphatic carbocycles. The van der Waals surface area contributed by atoms with E-state index in [4.69, 9.17) is 4.74 Å². The fraction of sp³-hybridized carbons (Fsp3) is 0.429. The molecule has 22 heavy (non-hydrogen) atoms. The lowest BCUT2D eigenvalue weighted by atomic mass is 10.1. The summed E-state index contributed by atoms with van der Waals surface area (Å²) in [5.74, 6) is -1.18. The van der Waals surface area contributed by atoms with Crippen LogP contribution in [0, 0.1) is 0 Å². The van der Waals surface area contributed by atoms with Crippen molar-refractivity contribution < 1.29 is 32.2 Å². The Balaban J connectivity index is 3.03. The van der Waals surface area contributed by atoms with Crippen LogP contribution in [0.4, 0.5) is 13.2 Å². The van der Waals surface area contributed by atoms with Crippen molar-refractivity contribution in [2.45, 2.75) is 30.2 Å². The minimum atomic E-state index is -4.47. The summed E-state index contributed by atoms with van der Waals surface area (Å²) in [6, 6.07) is 3.84. The van der Waals surface area contributed by atoms with Crippen LogP contribution in [0.3, 0.4) is 0 Å². The molecule has 0 saturated carbocycles. The Labute approximate surface area is 130 Å². The molecule has 0 amide bonds. The van der Waals surface area contributed by atoms with Crippen LogP contribution in [-0.2, 0) is 20.7 Å². The number of rotatable bonds is 6. The number of benzene rings is 1. The highest BCUT2D eigenvalue weighted by Gasteiger charge is 2.29. The Kier molecular flexibility index (Phi) is 6.73. The van der Waals surface area contributed by atoms with Gasteiger partial charge in [0.1, 0.15) is 0 Å². The van der Waals surface area contributed by atoms with Gasteiger partial charge in [0.15, 0.2) is 0 Å². The van der Waals surface area contributed by atoms with Gasteiger partial charge in [-0.3, -0.25) is 4.79 Å². The summed E-state index contributed by atoms with van der Waals surface area (Å²) in [6.45, 7) is 1.72. The van der Waals surface area contributed by atoms with Crippen molar-refractivity contribution in [1.82, 2.24) is 0 Å². The predicted octanol–water partition coefficient (Wildman–Crippen LogP) is 3.58. The van der Waals surface area contributed by atoms with Gasteiger partial charge in [-0.2, -0.15) is 13.2 Å². The van der Waals surface area contributed by atoms with Crippen molar-refractivity contribution in [1.29, 1.82) is 0 Å². The first-order valence-electron chi connectivity index (χ1n) is 6.38. The molecule has 8 heteroatoms. The van der Waals surface area contributed by atoms with E-state index < -0.39 is 17.4 Å². The first-order chi connectivity index (χ1) is 10.2. The first-order valence-corrected chi connectivity index (χ1v) is 7.20. The quantitative estimate of drug-likeness (QED) is 0.587. The van der Waals surface area contributed by atoms with E-state index in [1.54, 1.807) is 6.92 Å². The molecule has 0 unspecified atom stereocenters. The number of halogens is 3. The molecule has 0 spiro atoms. The minimum absolute atomic E-state index is 0.0128. The molecule has 122 valence electrons. The molecule has 1 rings (SSSR count). The average molecular weight is 336 g/mol. The van der Waals surface area contributed by atoms with Crippen LogP contribution < -0.4 is 0 Å². The third kappa shape index (κ3) is 6.38. The zero-order valence-electron chi connectivity index (χ0n) is 12.0. The molecule has 0 aromatic heterocycles. The molecule has 0 fully saturated rings. The highest BCUT2D eigenvalue weighted by Crippen LogP contribution is 2.37. The summed E-state index contributed by atoms with van der Waals surface area (Å²) in [6.07, 6.45) is 0.185. The van der Waals surface area contributed by atoms with Gasteiger partial charge in [0, 0.05) is 11.3 Å². The molecule has 1 aromatic rings. The van der Waals surface area contributed by atoms with E-state index in [1.165, 1.54) is 19.2 Å². The maximum atomic E-state index is 12.5. The van der Waals surface area contributed by atoms with Crippen LogP contribution in [0.5, 0.6) is 0 Å². The molecule has 0 bridgehead atoms. The van der Waals surface area contributed by atoms with Crippen molar-refractivity contribution in [3.63, 3.8) is 0 Å². The minimum Gasteiger partial charge on any atom is -0.469 e. The Hall–Kier alpha value is -1.70. The lowest BCUT2D eigenvalue weighted by Gasteiger charge is -2.10. The molecule has 0 atom stereocenters. The number of alkyl halides is 3. The number of carbonyl (C=O) groups is 2. The fourth-order valence-corrected chi connectivity index (χ4v) is 2.34. The summed E-state index contributed by atoms with van der Waals surface area (Å²) < 4.78 is 46.8. The summed E-state index contributed by atoms with van der Waals surface area (Å²) >= 11 is -0.319. The van der Waals surface area contributed by atoms with Gasteiger partial charge in [-0.15, -0.1) is 0 Å². The Morgan fingerprint density at radius 1 is 1.23 bits per heavy atom. The second-order valence-corrected chi connectivity index (χ2v) is 5.35. The Bertz CT molecular complexity index is 543. The second-order valence-electron chi connectivity index (χ2n) is 4.21. The van der Waals surface area contributed by atoms with Gasteiger partial charge in [-0.1, -0.05) is 0 Å². The third-order valence-electron chi connectivity index (χ3n) is 2.56. The van der Waals surface area contributed by atoms with E-state index in [0.29, 0.717) is 5.56 Å². The maximum absolute atomic E-state index is 12.5. The van der Waals surface area contributed by atoms with Gasteiger partial charge >= 0.3 is 17.4 Å². The van der Waals surface area contributed by atoms with Crippen LogP contribution in [-0.4, -0.2) is 31.2 Å². The van der Waals surface area contributed by atoms with Crippen molar-refractivity contribution in [2.75, 3.05) is 13.7 Å². The Morgan fingerprint density at radius 2 is 1.91 bits per heavy atom. The van der Waals surface area contributed by atoms with E-state index in [2.05, 4.69) is 4.74 Å². The van der Waals surface area contributed by atoms with E-state index in [0.717, 1.165) is 6.07 Å². The van der Waals surface area contributed by atoms with Crippen LogP contribution in [0.2, 0.25) is 0 Å². The molecule has 0 heterocycles. The molecule has 0 N–H and O–H groups in total. The lowest BCUT2D eigenvalue weighted by Crippen LogP contribution is -2.08. The number of hydrogen-bond donors (Lipinski definition) is 0. The van der Waals surface area contributed by atoms with Crippen molar-refractivity contribution in [3.05, 3.63) is 29.3 Å². The number of aryl methyl sites for hydroxylation is 1. The van der Waals surface area contributed by atoms with Crippen molar-refractivity contribution >= 4 is 23.7 Å². The number of methoxy groups -OCH3 is 1. The second kappa shape index (κ2) is 8.07. The molecule has 0 aliphatic heterocycles. The summed E-state index contributed by atoms with van der Waals surface area (Å²) in [5, 5.41) is 0. The van der Waals surface area contributed by atoms with Crippen LogP contribution in [0.15, 0.2) is 23.1 Å². The summed E-state index contributed by atoms with van der Waals surface area (Å²) in [5.41, 5.74) is -4.01. The summed E-state index contributed by atoms with van der Waals surface area (Å²) in [4.78, 5) is 22.7. The van der Waals surface area contributed by atoms with E-state index in [1.807, 2.05) is 0 Å². The van der Waals surface area contributed by atoms with Crippen molar-refractivity contribution in [2.24, 2.45) is 0 Å². The molecule has 0 radical (unpaired) electrons. The van der Waals surface area contributed by atoms with Gasteiger partial charge < -0.3 is 9.47 Å². The van der Waals surface area contributed by atoms with Crippen molar-refractivity contribution in [3.8, 4) is 0 Å². The van der Waals surface area contributed by atoms with Gasteiger partial charge in [-0.05, 0) is 48.9 Å². The third-order valence-corrected chi connectivity index (χ3v) is 3.26. The lowest BCUT2D eigenvalue weighted by molar-refractivity contribution is -0.140. The average Bonchev–Trinajstić information content (AvgIpc) is 2.42. The molecular formula is C14H15F3O4S. The number of hydrogen-bond acceptors (Lipinski definition) is 5. The molecule has 4 nitrogen and oxygen atoms in total. The van der Waals surface area contributed by atoms with Gasteiger partial charge in [0.05, 0.1) is 19.3 Å². The highest BCUT2D eigenvalue weighted by atomic mass is 32.2. The number of ether oxygens (including phenoxy) is 2. The predicted molar refractivity (Wildman–Crippen MR) is 74.6 cm³/mol. The normalized spacial score (nSPS) is 11.1. The monoisotopic (exact) mass is 336 g/mol. The zero-order chi connectivity index (χ0) is 16.8. The van der Waals surface area contributed by atoms with Gasteiger partial charge in [0.2, 0.25) is 0 Å². The fourth-order valence-electron chi connectivity index (χ4n) is 1.68. The van der Waals surface area contributed by atoms with Crippen LogP contribution in [0.1, 0.15) is 29.3 Å². The van der Waals surface area contributed by atoms with Crippen LogP contribution in [0.25, 0.3) is 0 Å². The largest absolute Gasteiger partial charge is 0.469 e. The molecule has 0 aliphatic rings. The van der Waals surface area contributed by atoms with E-state index in [-0.39, 0.29) is 41.7 Å². The molecular weight excluding hydrogens is 321 g/mol. The number of esters is 2. The van der Waals surface area contributed by atoms with Gasteiger partial charge in [0.25, 0.3) is 0 Å². The number of carbonyl (C=O) groups excluding carboxylic acids is 2. The number of thioether (sulfide) groups is 1. The van der Waals surface area contributed by atoms with E-state index >= 15 is 0 Å². The summed E-state index contributed by atoms with van der Waals surface area (Å²) in [7, 11) is 1.22. The van der Waals surface area contributed by atoms with Crippen LogP contribution >= 0.6 is 11.8 Å². The first kappa shape index (κ1) is 18.3. The smallest absolute Gasteiger partial charge is 0.446 e. The maximum Gasteiger partial charge on any atom is 0.446 e. The standard InChI is InChI=1S/C14H15F3O4S/c1-3-21-13(19)10-6-9(4-5-12(18)20-2)7-11(8-10)22-14(15,16)17/h6-8H,3-5H2,1-2H3. The van der Waals surface area contributed by atoms with Gasteiger partial charge in [-0.25, -0.2) is 4.79 Å².